The first-order valence-corrected chi connectivity index (χ1v) is 6.94. The normalized spacial score (nSPS) is 12.3. The molecule has 6 heteroatoms. The van der Waals surface area contributed by atoms with Crippen LogP contribution in [0.25, 0.3) is 11.4 Å². The molecule has 0 aliphatic carbocycles. The Hall–Kier alpha value is -2.50. The number of aromatic amines is 1. The summed E-state index contributed by atoms with van der Waals surface area (Å²) in [6.45, 7) is 5.54. The second kappa shape index (κ2) is 6.09. The maximum Gasteiger partial charge on any atom is 0.202 e. The van der Waals surface area contributed by atoms with Crippen molar-refractivity contribution in [1.82, 2.24) is 9.97 Å². The number of methoxy groups -OCH3 is 2. The number of ether oxygens (including phenoxy) is 2. The maximum absolute atomic E-state index is 11.9. The smallest absolute Gasteiger partial charge is 0.202 e. The van der Waals surface area contributed by atoms with E-state index in [1.807, 2.05) is 39.0 Å². The summed E-state index contributed by atoms with van der Waals surface area (Å²) in [6, 6.07) is 5.53. The molecular weight excluding hydrogens is 282 g/mol. The van der Waals surface area contributed by atoms with Crippen LogP contribution < -0.4 is 9.47 Å². The van der Waals surface area contributed by atoms with Crippen molar-refractivity contribution in [3.63, 3.8) is 0 Å². The Bertz CT molecular complexity index is 684. The number of hydroxylamine groups is 1. The molecule has 0 unspecified atom stereocenters. The van der Waals surface area contributed by atoms with E-state index in [2.05, 4.69) is 9.97 Å². The van der Waals surface area contributed by atoms with Gasteiger partial charge < -0.3 is 19.7 Å². The van der Waals surface area contributed by atoms with Gasteiger partial charge in [0, 0.05) is 32.5 Å². The van der Waals surface area contributed by atoms with Crippen LogP contribution in [0, 0.1) is 5.21 Å². The molecule has 6 nitrogen and oxygen atoms in total. The topological polar surface area (TPSA) is 73.2 Å². The summed E-state index contributed by atoms with van der Waals surface area (Å²) in [4.78, 5) is 7.48. The molecule has 1 aromatic heterocycles. The van der Waals surface area contributed by atoms with Gasteiger partial charge in [-0.3, -0.25) is 0 Å². The molecule has 1 heterocycles. The fraction of sp³-hybridized carbons (Fsp3) is 0.375. The van der Waals surface area contributed by atoms with Crippen molar-refractivity contribution in [2.24, 2.45) is 0 Å². The van der Waals surface area contributed by atoms with Gasteiger partial charge in [0.15, 0.2) is 17.0 Å². The minimum absolute atomic E-state index is 0.498. The lowest BCUT2D eigenvalue weighted by molar-refractivity contribution is -0.530. The van der Waals surface area contributed by atoms with E-state index in [9.17, 15) is 5.21 Å². The van der Waals surface area contributed by atoms with Gasteiger partial charge in [-0.2, -0.15) is 0 Å². The van der Waals surface area contributed by atoms with Crippen molar-refractivity contribution in [2.45, 2.75) is 26.3 Å². The van der Waals surface area contributed by atoms with Crippen molar-refractivity contribution >= 4 is 6.21 Å². The molecule has 2 aromatic rings. The van der Waals surface area contributed by atoms with E-state index in [0.29, 0.717) is 23.0 Å². The lowest BCUT2D eigenvalue weighted by Gasteiger charge is -2.17. The fourth-order valence-electron chi connectivity index (χ4n) is 1.85. The Morgan fingerprint density at radius 1 is 1.18 bits per heavy atom. The number of nitrogens with zero attached hydrogens (tertiary/aromatic N) is 2. The first kappa shape index (κ1) is 15.9. The molecule has 0 atom stereocenters. The lowest BCUT2D eigenvalue weighted by atomic mass is 10.1. The molecule has 0 saturated heterocycles. The molecule has 2 rings (SSSR count). The molecule has 118 valence electrons. The van der Waals surface area contributed by atoms with Crippen LogP contribution in [0.3, 0.4) is 0 Å². The van der Waals surface area contributed by atoms with E-state index in [0.717, 1.165) is 10.3 Å². The predicted octanol–water partition coefficient (Wildman–Crippen LogP) is 2.82. The molecule has 0 amide bonds. The highest BCUT2D eigenvalue weighted by Gasteiger charge is 2.19. The van der Waals surface area contributed by atoms with Gasteiger partial charge in [0.2, 0.25) is 6.21 Å². The molecule has 0 bridgehead atoms. The summed E-state index contributed by atoms with van der Waals surface area (Å²) >= 11 is 0. The molecule has 0 spiro atoms. The number of hydrogen-bond donors (Lipinski definition) is 1. The lowest BCUT2D eigenvalue weighted by Crippen LogP contribution is -2.29. The molecule has 1 aromatic carbocycles. The van der Waals surface area contributed by atoms with Crippen LogP contribution in [0.5, 0.6) is 11.5 Å². The molecule has 0 fully saturated rings. The summed E-state index contributed by atoms with van der Waals surface area (Å²) in [5.74, 6) is 1.94. The van der Waals surface area contributed by atoms with Crippen LogP contribution in [0.2, 0.25) is 0 Å². The number of imidazole rings is 1. The SMILES string of the molecule is COc1ccc(-c2nc(/C=[N+](\[O-])C(C)(C)C)c[nH]2)cc1OC. The van der Waals surface area contributed by atoms with Gasteiger partial charge in [0.1, 0.15) is 11.5 Å². The maximum atomic E-state index is 11.9. The average Bonchev–Trinajstić information content (AvgIpc) is 2.94. The summed E-state index contributed by atoms with van der Waals surface area (Å²) in [6.07, 6.45) is 3.17. The number of rotatable bonds is 4. The van der Waals surface area contributed by atoms with Gasteiger partial charge in [0.25, 0.3) is 0 Å². The number of benzene rings is 1. The Balaban J connectivity index is 2.32. The standard InChI is InChI=1S/C16H21N3O3/c1-16(2,3)19(20)10-12-9-17-15(18-12)11-6-7-13(21-4)14(8-11)22-5/h6-10H,1-5H3,(H,17,18)/b19-10-. The van der Waals surface area contributed by atoms with Crippen molar-refractivity contribution in [2.75, 3.05) is 14.2 Å². The molecule has 0 aliphatic heterocycles. The van der Waals surface area contributed by atoms with Gasteiger partial charge in [-0.15, -0.1) is 0 Å². The van der Waals surface area contributed by atoms with E-state index in [1.165, 1.54) is 6.21 Å². The van der Waals surface area contributed by atoms with Crippen LogP contribution in [-0.2, 0) is 0 Å². The van der Waals surface area contributed by atoms with E-state index in [4.69, 9.17) is 9.47 Å². The van der Waals surface area contributed by atoms with E-state index < -0.39 is 5.54 Å². The monoisotopic (exact) mass is 303 g/mol. The van der Waals surface area contributed by atoms with Crippen LogP contribution in [-0.4, -0.2) is 40.7 Å². The highest BCUT2D eigenvalue weighted by atomic mass is 16.5. The summed E-state index contributed by atoms with van der Waals surface area (Å²) in [5.41, 5.74) is 0.933. The largest absolute Gasteiger partial charge is 0.623 e. The number of hydrogen-bond acceptors (Lipinski definition) is 4. The highest BCUT2D eigenvalue weighted by Crippen LogP contribution is 2.31. The minimum Gasteiger partial charge on any atom is -0.623 e. The second-order valence-corrected chi connectivity index (χ2v) is 5.87. The first-order valence-electron chi connectivity index (χ1n) is 6.94. The zero-order valence-corrected chi connectivity index (χ0v) is 13.5. The Morgan fingerprint density at radius 3 is 2.45 bits per heavy atom. The van der Waals surface area contributed by atoms with Crippen molar-refractivity contribution < 1.29 is 14.2 Å². The molecule has 22 heavy (non-hydrogen) atoms. The molecule has 0 saturated carbocycles. The van der Waals surface area contributed by atoms with Crippen molar-refractivity contribution in [3.8, 4) is 22.9 Å². The predicted molar refractivity (Wildman–Crippen MR) is 85.7 cm³/mol. The molecule has 1 N–H and O–H groups in total. The third kappa shape index (κ3) is 3.39. The van der Waals surface area contributed by atoms with Crippen LogP contribution >= 0.6 is 0 Å². The van der Waals surface area contributed by atoms with E-state index in [-0.39, 0.29) is 0 Å². The average molecular weight is 303 g/mol. The van der Waals surface area contributed by atoms with Gasteiger partial charge in [-0.05, 0) is 18.2 Å². The fourth-order valence-corrected chi connectivity index (χ4v) is 1.85. The van der Waals surface area contributed by atoms with Crippen LogP contribution in [0.15, 0.2) is 24.4 Å². The van der Waals surface area contributed by atoms with E-state index >= 15 is 0 Å². The highest BCUT2D eigenvalue weighted by molar-refractivity contribution is 5.74. The van der Waals surface area contributed by atoms with Gasteiger partial charge in [-0.1, -0.05) is 0 Å². The summed E-state index contributed by atoms with van der Waals surface area (Å²) < 4.78 is 11.4. The quantitative estimate of drug-likeness (QED) is 0.408. The molecule has 0 aliphatic rings. The van der Waals surface area contributed by atoms with Gasteiger partial charge in [-0.25, -0.2) is 9.72 Å². The Labute approximate surface area is 130 Å². The number of nitrogens with one attached hydrogen (secondary N) is 1. The summed E-state index contributed by atoms with van der Waals surface area (Å²) in [7, 11) is 3.18. The zero-order chi connectivity index (χ0) is 16.3. The Morgan fingerprint density at radius 2 is 1.86 bits per heavy atom. The second-order valence-electron chi connectivity index (χ2n) is 5.87. The van der Waals surface area contributed by atoms with Crippen LogP contribution in [0.1, 0.15) is 26.5 Å². The Kier molecular flexibility index (Phi) is 4.40. The first-order chi connectivity index (χ1) is 10.3. The molecular formula is C16H21N3O3. The third-order valence-corrected chi connectivity index (χ3v) is 3.17. The van der Waals surface area contributed by atoms with Gasteiger partial charge >= 0.3 is 0 Å². The number of H-pyrrole nitrogens is 1. The van der Waals surface area contributed by atoms with Gasteiger partial charge in [0.05, 0.1) is 14.2 Å². The minimum atomic E-state index is -0.498. The molecule has 0 radical (unpaired) electrons. The van der Waals surface area contributed by atoms with Crippen molar-refractivity contribution in [3.05, 3.63) is 35.3 Å². The third-order valence-electron chi connectivity index (χ3n) is 3.17. The van der Waals surface area contributed by atoms with E-state index in [1.54, 1.807) is 20.4 Å². The number of aromatic nitrogens is 2. The summed E-state index contributed by atoms with van der Waals surface area (Å²) in [5, 5.41) is 11.9. The van der Waals surface area contributed by atoms with Crippen LogP contribution in [0.4, 0.5) is 0 Å². The van der Waals surface area contributed by atoms with Crippen molar-refractivity contribution in [1.29, 1.82) is 0 Å². The zero-order valence-electron chi connectivity index (χ0n) is 13.5.